The third kappa shape index (κ3) is 2.94. The maximum absolute atomic E-state index is 3.58. The van der Waals surface area contributed by atoms with Crippen LogP contribution in [-0.4, -0.2) is 4.98 Å². The molecule has 0 amide bonds. The van der Waals surface area contributed by atoms with E-state index >= 15 is 0 Å². The summed E-state index contributed by atoms with van der Waals surface area (Å²) in [5.41, 5.74) is 9.84. The van der Waals surface area contributed by atoms with Gasteiger partial charge in [0, 0.05) is 21.8 Å². The molecule has 0 radical (unpaired) electrons. The summed E-state index contributed by atoms with van der Waals surface area (Å²) in [5, 5.41) is 2.54. The van der Waals surface area contributed by atoms with Gasteiger partial charge >= 0.3 is 0 Å². The van der Waals surface area contributed by atoms with E-state index in [4.69, 9.17) is 0 Å². The van der Waals surface area contributed by atoms with E-state index in [1.807, 2.05) is 0 Å². The van der Waals surface area contributed by atoms with Gasteiger partial charge in [-0.15, -0.1) is 0 Å². The van der Waals surface area contributed by atoms with Gasteiger partial charge in [-0.1, -0.05) is 109 Å². The maximum Gasteiger partial charge on any atom is 0.0471 e. The summed E-state index contributed by atoms with van der Waals surface area (Å²) in [6, 6.07) is 43.2. The largest absolute Gasteiger partial charge is 0.354 e. The van der Waals surface area contributed by atoms with Crippen LogP contribution in [-0.2, 0) is 0 Å². The molecule has 1 heterocycles. The van der Waals surface area contributed by atoms with Crippen LogP contribution < -0.4 is 0 Å². The Morgan fingerprint density at radius 1 is 0.355 bits per heavy atom. The quantitative estimate of drug-likeness (QED) is 0.310. The van der Waals surface area contributed by atoms with Gasteiger partial charge in [0.05, 0.1) is 0 Å². The molecule has 31 heavy (non-hydrogen) atoms. The zero-order valence-electron chi connectivity index (χ0n) is 17.0. The molecule has 0 aliphatic rings. The van der Waals surface area contributed by atoms with Gasteiger partial charge in [0.1, 0.15) is 0 Å². The maximum atomic E-state index is 3.58. The summed E-state index contributed by atoms with van der Waals surface area (Å²) in [6.07, 6.45) is 0. The number of fused-ring (bicyclic) bond motifs is 3. The Hall–Kier alpha value is -4.10. The van der Waals surface area contributed by atoms with E-state index in [-0.39, 0.29) is 0 Å². The van der Waals surface area contributed by atoms with Crippen molar-refractivity contribution in [1.82, 2.24) is 4.98 Å². The van der Waals surface area contributed by atoms with Crippen molar-refractivity contribution >= 4 is 21.8 Å². The molecule has 0 bridgehead atoms. The minimum Gasteiger partial charge on any atom is -0.354 e. The molecule has 0 spiro atoms. The van der Waals surface area contributed by atoms with Crippen molar-refractivity contribution in [2.24, 2.45) is 0 Å². The fourth-order valence-electron chi connectivity index (χ4n) is 4.67. The number of hydrogen-bond donors (Lipinski definition) is 1. The minimum absolute atomic E-state index is 1.17. The molecule has 0 aliphatic carbocycles. The molecule has 6 aromatic rings. The number of para-hydroxylation sites is 1. The molecule has 0 aliphatic heterocycles. The first kappa shape index (κ1) is 17.7. The summed E-state index contributed by atoms with van der Waals surface area (Å²) >= 11 is 0. The molecule has 1 nitrogen and oxygen atoms in total. The molecule has 0 unspecified atom stereocenters. The van der Waals surface area contributed by atoms with Gasteiger partial charge in [-0.3, -0.25) is 0 Å². The fraction of sp³-hybridized carbons (Fsp3) is 0. The Bertz CT molecular complexity index is 1520. The van der Waals surface area contributed by atoms with Gasteiger partial charge < -0.3 is 4.98 Å². The monoisotopic (exact) mass is 395 g/mol. The number of benzene rings is 5. The Kier molecular flexibility index (Phi) is 4.18. The SMILES string of the molecule is c1ccc(-c2ccccc2-c2ccccc2-c2cccc3[nH]c4ccccc4c23)cc1. The first-order valence-electron chi connectivity index (χ1n) is 10.6. The van der Waals surface area contributed by atoms with E-state index in [1.165, 1.54) is 55.2 Å². The molecule has 6 rings (SSSR count). The van der Waals surface area contributed by atoms with Gasteiger partial charge in [0.15, 0.2) is 0 Å². The third-order valence-corrected chi connectivity index (χ3v) is 6.05. The molecular weight excluding hydrogens is 374 g/mol. The number of aromatic amines is 1. The van der Waals surface area contributed by atoms with Crippen molar-refractivity contribution in [3.8, 4) is 33.4 Å². The predicted molar refractivity (Wildman–Crippen MR) is 132 cm³/mol. The summed E-state index contributed by atoms with van der Waals surface area (Å²) in [6.45, 7) is 0. The lowest BCUT2D eigenvalue weighted by Gasteiger charge is -2.15. The first-order chi connectivity index (χ1) is 15.4. The number of H-pyrrole nitrogens is 1. The normalized spacial score (nSPS) is 11.2. The second-order valence-electron chi connectivity index (χ2n) is 7.86. The van der Waals surface area contributed by atoms with E-state index in [0.717, 1.165) is 0 Å². The average molecular weight is 396 g/mol. The lowest BCUT2D eigenvalue weighted by atomic mass is 9.88. The van der Waals surface area contributed by atoms with Crippen LogP contribution in [0.15, 0.2) is 121 Å². The predicted octanol–water partition coefficient (Wildman–Crippen LogP) is 8.32. The van der Waals surface area contributed by atoms with Gasteiger partial charge in [0.2, 0.25) is 0 Å². The second-order valence-corrected chi connectivity index (χ2v) is 7.86. The molecule has 1 N–H and O–H groups in total. The smallest absolute Gasteiger partial charge is 0.0471 e. The highest BCUT2D eigenvalue weighted by atomic mass is 14.7. The standard InChI is InChI=1S/C30H21N/c1-2-11-21(12-3-1)22-13-4-5-14-23(22)24-15-6-7-16-25(24)26-18-10-20-29-30(26)27-17-8-9-19-28(27)31-29/h1-20,31H. The highest BCUT2D eigenvalue weighted by molar-refractivity contribution is 6.15. The second kappa shape index (κ2) is 7.30. The number of hydrogen-bond acceptors (Lipinski definition) is 0. The zero-order valence-corrected chi connectivity index (χ0v) is 17.0. The molecule has 0 atom stereocenters. The summed E-state index contributed by atoms with van der Waals surface area (Å²) in [7, 11) is 0. The van der Waals surface area contributed by atoms with Crippen LogP contribution in [0.25, 0.3) is 55.2 Å². The molecule has 0 saturated carbocycles. The molecule has 146 valence electrons. The van der Waals surface area contributed by atoms with Crippen LogP contribution in [0.3, 0.4) is 0 Å². The highest BCUT2D eigenvalue weighted by Crippen LogP contribution is 2.41. The Balaban J connectivity index is 1.65. The first-order valence-corrected chi connectivity index (χ1v) is 10.6. The van der Waals surface area contributed by atoms with Crippen molar-refractivity contribution in [2.75, 3.05) is 0 Å². The molecule has 0 saturated heterocycles. The van der Waals surface area contributed by atoms with Gasteiger partial charge in [-0.05, 0) is 45.5 Å². The minimum atomic E-state index is 1.17. The van der Waals surface area contributed by atoms with E-state index in [0.29, 0.717) is 0 Å². The van der Waals surface area contributed by atoms with E-state index in [1.54, 1.807) is 0 Å². The molecule has 0 fully saturated rings. The number of nitrogens with one attached hydrogen (secondary N) is 1. The molecule has 1 heteroatoms. The van der Waals surface area contributed by atoms with Crippen molar-refractivity contribution in [1.29, 1.82) is 0 Å². The van der Waals surface area contributed by atoms with Gasteiger partial charge in [-0.2, -0.15) is 0 Å². The van der Waals surface area contributed by atoms with Crippen LogP contribution in [0.4, 0.5) is 0 Å². The molecule has 1 aromatic heterocycles. The van der Waals surface area contributed by atoms with Gasteiger partial charge in [-0.25, -0.2) is 0 Å². The lowest BCUT2D eigenvalue weighted by molar-refractivity contribution is 1.54. The van der Waals surface area contributed by atoms with Crippen molar-refractivity contribution in [3.05, 3.63) is 121 Å². The lowest BCUT2D eigenvalue weighted by Crippen LogP contribution is -1.89. The topological polar surface area (TPSA) is 15.8 Å². The van der Waals surface area contributed by atoms with Crippen molar-refractivity contribution in [2.45, 2.75) is 0 Å². The van der Waals surface area contributed by atoms with Crippen molar-refractivity contribution < 1.29 is 0 Å². The Labute approximate surface area is 181 Å². The summed E-state index contributed by atoms with van der Waals surface area (Å²) < 4.78 is 0. The number of rotatable bonds is 3. The average Bonchev–Trinajstić information content (AvgIpc) is 3.23. The fourth-order valence-corrected chi connectivity index (χ4v) is 4.67. The van der Waals surface area contributed by atoms with E-state index in [9.17, 15) is 0 Å². The van der Waals surface area contributed by atoms with Crippen molar-refractivity contribution in [3.63, 3.8) is 0 Å². The summed E-state index contributed by atoms with van der Waals surface area (Å²) in [4.78, 5) is 3.58. The Morgan fingerprint density at radius 3 is 1.65 bits per heavy atom. The Morgan fingerprint density at radius 2 is 0.871 bits per heavy atom. The van der Waals surface area contributed by atoms with Crippen LogP contribution in [0.1, 0.15) is 0 Å². The third-order valence-electron chi connectivity index (χ3n) is 6.05. The van der Waals surface area contributed by atoms with Crippen LogP contribution in [0.5, 0.6) is 0 Å². The number of aromatic nitrogens is 1. The van der Waals surface area contributed by atoms with Crippen LogP contribution in [0, 0.1) is 0 Å². The van der Waals surface area contributed by atoms with E-state index < -0.39 is 0 Å². The molecular formula is C30H21N. The van der Waals surface area contributed by atoms with Crippen LogP contribution >= 0.6 is 0 Å². The highest BCUT2D eigenvalue weighted by Gasteiger charge is 2.15. The van der Waals surface area contributed by atoms with E-state index in [2.05, 4.69) is 126 Å². The molecule has 5 aromatic carbocycles. The summed E-state index contributed by atoms with van der Waals surface area (Å²) in [5.74, 6) is 0. The van der Waals surface area contributed by atoms with Crippen LogP contribution in [0.2, 0.25) is 0 Å². The van der Waals surface area contributed by atoms with Gasteiger partial charge in [0.25, 0.3) is 0 Å². The zero-order chi connectivity index (χ0) is 20.6.